The normalized spacial score (nSPS) is 8.71. The molecule has 0 N–H and O–H groups in total. The first kappa shape index (κ1) is 6.89. The lowest BCUT2D eigenvalue weighted by atomic mass is 10.3. The third kappa shape index (κ3) is 5.89. The Morgan fingerprint density at radius 2 is 2.29 bits per heavy atom. The average molecular weight is 117 g/mol. The van der Waals surface area contributed by atoms with Crippen molar-refractivity contribution in [3.05, 3.63) is 0 Å². The first-order valence-corrected chi connectivity index (χ1v) is 2.88. The quantitative estimate of drug-likeness (QED) is 0.517. The summed E-state index contributed by atoms with van der Waals surface area (Å²) < 4.78 is 0. The number of rotatable bonds is 3. The van der Waals surface area contributed by atoms with Crippen molar-refractivity contribution in [3.63, 3.8) is 0 Å². The molecule has 42 valence electrons. The molecule has 0 unspecified atom stereocenters. The fraction of sp³-hybridized carbons (Fsp3) is 0.800. The molecule has 0 aliphatic carbocycles. The summed E-state index contributed by atoms with van der Waals surface area (Å²) in [5, 5.41) is -0.109. The van der Waals surface area contributed by atoms with E-state index >= 15 is 0 Å². The molecular formula is C5H9OS-. The van der Waals surface area contributed by atoms with Crippen LogP contribution in [0.5, 0.6) is 0 Å². The standard InChI is InChI=1S/C5H10OS/c1-2-3-4-5(6)7/h2-4H2,1H3,(H,6,7)/p-1. The highest BCUT2D eigenvalue weighted by Crippen LogP contribution is 1.92. The molecule has 0 aromatic rings. The molecule has 0 atom stereocenters. The molecule has 0 aliphatic rings. The van der Waals surface area contributed by atoms with E-state index in [9.17, 15) is 4.79 Å². The van der Waals surface area contributed by atoms with Gasteiger partial charge in [0, 0.05) is 5.12 Å². The average Bonchev–Trinajstić information content (AvgIpc) is 1.61. The third-order valence-corrected chi connectivity index (χ3v) is 0.939. The molecule has 0 aromatic carbocycles. The van der Waals surface area contributed by atoms with Crippen molar-refractivity contribution in [1.29, 1.82) is 0 Å². The van der Waals surface area contributed by atoms with E-state index in [0.717, 1.165) is 12.8 Å². The van der Waals surface area contributed by atoms with Crippen LogP contribution in [0.4, 0.5) is 0 Å². The molecule has 0 saturated heterocycles. The predicted molar refractivity (Wildman–Crippen MR) is 31.9 cm³/mol. The van der Waals surface area contributed by atoms with Crippen molar-refractivity contribution < 1.29 is 4.79 Å². The van der Waals surface area contributed by atoms with Crippen LogP contribution >= 0.6 is 0 Å². The van der Waals surface area contributed by atoms with Gasteiger partial charge in [-0.3, -0.25) is 0 Å². The predicted octanol–water partition coefficient (Wildman–Crippen LogP) is 1.25. The van der Waals surface area contributed by atoms with Crippen molar-refractivity contribution in [2.45, 2.75) is 26.2 Å². The van der Waals surface area contributed by atoms with E-state index in [-0.39, 0.29) is 5.12 Å². The third-order valence-electron chi connectivity index (χ3n) is 0.734. The lowest BCUT2D eigenvalue weighted by molar-refractivity contribution is -0.110. The van der Waals surface area contributed by atoms with Gasteiger partial charge in [0.15, 0.2) is 0 Å². The van der Waals surface area contributed by atoms with Gasteiger partial charge in [-0.05, 0) is 12.8 Å². The molecule has 0 heterocycles. The van der Waals surface area contributed by atoms with Crippen molar-refractivity contribution in [2.75, 3.05) is 0 Å². The number of carbonyl (C=O) groups is 1. The van der Waals surface area contributed by atoms with Crippen molar-refractivity contribution >= 4 is 17.7 Å². The van der Waals surface area contributed by atoms with Gasteiger partial charge in [0.25, 0.3) is 0 Å². The molecule has 0 saturated carbocycles. The highest BCUT2D eigenvalue weighted by atomic mass is 32.1. The van der Waals surface area contributed by atoms with Gasteiger partial charge in [-0.1, -0.05) is 13.3 Å². The summed E-state index contributed by atoms with van der Waals surface area (Å²) in [6.45, 7) is 2.04. The Balaban J connectivity index is 2.82. The summed E-state index contributed by atoms with van der Waals surface area (Å²) in [5.74, 6) is 0. The Labute approximate surface area is 49.5 Å². The van der Waals surface area contributed by atoms with Crippen LogP contribution in [-0.2, 0) is 17.4 Å². The fourth-order valence-electron chi connectivity index (χ4n) is 0.321. The van der Waals surface area contributed by atoms with E-state index in [4.69, 9.17) is 0 Å². The SMILES string of the molecule is CCCCC(=O)[S-]. The second kappa shape index (κ2) is 4.06. The number of hydrogen-bond acceptors (Lipinski definition) is 2. The van der Waals surface area contributed by atoms with E-state index < -0.39 is 0 Å². The van der Waals surface area contributed by atoms with E-state index in [2.05, 4.69) is 12.6 Å². The van der Waals surface area contributed by atoms with Crippen molar-refractivity contribution in [3.8, 4) is 0 Å². The molecule has 0 fully saturated rings. The molecule has 7 heavy (non-hydrogen) atoms. The Bertz CT molecular complexity index is 61.1. The Morgan fingerprint density at radius 3 is 2.43 bits per heavy atom. The summed E-state index contributed by atoms with van der Waals surface area (Å²) in [5.41, 5.74) is 0. The zero-order chi connectivity index (χ0) is 5.70. The minimum atomic E-state index is -0.109. The van der Waals surface area contributed by atoms with Gasteiger partial charge in [-0.15, -0.1) is 0 Å². The summed E-state index contributed by atoms with van der Waals surface area (Å²) in [6.07, 6.45) is 2.58. The summed E-state index contributed by atoms with van der Waals surface area (Å²) >= 11 is 4.31. The molecule has 0 aliphatic heterocycles. The van der Waals surface area contributed by atoms with Crippen LogP contribution in [0.1, 0.15) is 26.2 Å². The molecule has 0 spiro atoms. The monoisotopic (exact) mass is 117 g/mol. The number of hydrogen-bond donors (Lipinski definition) is 0. The van der Waals surface area contributed by atoms with E-state index in [1.807, 2.05) is 6.92 Å². The number of carbonyl (C=O) groups excluding carboxylic acids is 1. The minimum Gasteiger partial charge on any atom is -0.742 e. The van der Waals surface area contributed by atoms with Crippen molar-refractivity contribution in [1.82, 2.24) is 0 Å². The van der Waals surface area contributed by atoms with Crippen molar-refractivity contribution in [2.24, 2.45) is 0 Å². The van der Waals surface area contributed by atoms with E-state index in [1.54, 1.807) is 0 Å². The van der Waals surface area contributed by atoms with Crippen LogP contribution in [0.25, 0.3) is 0 Å². The van der Waals surface area contributed by atoms with Crippen LogP contribution in [0.2, 0.25) is 0 Å². The largest absolute Gasteiger partial charge is 0.742 e. The van der Waals surface area contributed by atoms with Crippen LogP contribution in [0.15, 0.2) is 0 Å². The molecule has 0 rings (SSSR count). The maximum Gasteiger partial charge on any atom is 0.0119 e. The van der Waals surface area contributed by atoms with Crippen LogP contribution < -0.4 is 0 Å². The second-order valence-corrected chi connectivity index (χ2v) is 1.93. The van der Waals surface area contributed by atoms with E-state index in [1.165, 1.54) is 0 Å². The molecule has 0 amide bonds. The fourth-order valence-corrected chi connectivity index (χ4v) is 0.465. The van der Waals surface area contributed by atoms with Gasteiger partial charge in [-0.2, -0.15) is 0 Å². The van der Waals surface area contributed by atoms with Gasteiger partial charge in [0.2, 0.25) is 0 Å². The van der Waals surface area contributed by atoms with Crippen LogP contribution in [-0.4, -0.2) is 5.12 Å². The van der Waals surface area contributed by atoms with Gasteiger partial charge in [0.1, 0.15) is 0 Å². The van der Waals surface area contributed by atoms with Gasteiger partial charge < -0.3 is 17.4 Å². The molecule has 1 nitrogen and oxygen atoms in total. The van der Waals surface area contributed by atoms with Crippen LogP contribution in [0, 0.1) is 0 Å². The first-order valence-electron chi connectivity index (χ1n) is 2.47. The smallest absolute Gasteiger partial charge is 0.0119 e. The molecular weight excluding hydrogens is 108 g/mol. The summed E-state index contributed by atoms with van der Waals surface area (Å²) in [7, 11) is 0. The van der Waals surface area contributed by atoms with Gasteiger partial charge in [-0.25, -0.2) is 0 Å². The molecule has 2 heteroatoms. The lowest BCUT2D eigenvalue weighted by Gasteiger charge is -1.98. The van der Waals surface area contributed by atoms with Crippen LogP contribution in [0.3, 0.4) is 0 Å². The molecule has 0 aromatic heterocycles. The summed E-state index contributed by atoms with van der Waals surface area (Å²) in [4.78, 5) is 10.0. The summed E-state index contributed by atoms with van der Waals surface area (Å²) in [6, 6.07) is 0. The maximum absolute atomic E-state index is 10.0. The Kier molecular flexibility index (Phi) is 4.00. The second-order valence-electron chi connectivity index (χ2n) is 1.48. The minimum absolute atomic E-state index is 0.109. The maximum atomic E-state index is 10.0. The zero-order valence-electron chi connectivity index (χ0n) is 4.44. The first-order chi connectivity index (χ1) is 3.27. The highest BCUT2D eigenvalue weighted by molar-refractivity contribution is 7.77. The lowest BCUT2D eigenvalue weighted by Crippen LogP contribution is -1.88. The number of unbranched alkanes of at least 4 members (excludes halogenated alkanes) is 1. The Hall–Kier alpha value is -0.110. The molecule has 0 bridgehead atoms. The van der Waals surface area contributed by atoms with E-state index in [0.29, 0.717) is 6.42 Å². The Morgan fingerprint density at radius 1 is 1.71 bits per heavy atom. The van der Waals surface area contributed by atoms with Gasteiger partial charge >= 0.3 is 0 Å². The molecule has 0 radical (unpaired) electrons. The van der Waals surface area contributed by atoms with Gasteiger partial charge in [0.05, 0.1) is 0 Å². The topological polar surface area (TPSA) is 17.1 Å². The highest BCUT2D eigenvalue weighted by Gasteiger charge is 1.79. The zero-order valence-corrected chi connectivity index (χ0v) is 5.25.